The lowest BCUT2D eigenvalue weighted by atomic mass is 9.83. The Hall–Kier alpha value is -0.550. The average molecular weight is 360 g/mol. The largest absolute Gasteiger partial charge is 0.376 e. The minimum Gasteiger partial charge on any atom is -0.376 e. The van der Waals surface area contributed by atoms with Crippen molar-refractivity contribution in [3.8, 4) is 0 Å². The van der Waals surface area contributed by atoms with E-state index in [2.05, 4.69) is 31.8 Å². The number of ether oxygens (including phenoxy) is 1. The van der Waals surface area contributed by atoms with Crippen molar-refractivity contribution >= 4 is 24.3 Å². The quantitative estimate of drug-likeness (QED) is 0.517. The van der Waals surface area contributed by atoms with Crippen LogP contribution in [0.3, 0.4) is 0 Å². The van der Waals surface area contributed by atoms with Crippen molar-refractivity contribution in [2.45, 2.75) is 85.0 Å². The molecule has 0 aromatic heterocycles. The SMILES string of the molecule is CCC(C)(CCOC(C)(C)CCC(=O)C(C)S)C(=O)NCC(C)C. The van der Waals surface area contributed by atoms with Crippen molar-refractivity contribution in [1.29, 1.82) is 0 Å². The highest BCUT2D eigenvalue weighted by atomic mass is 32.1. The van der Waals surface area contributed by atoms with Crippen LogP contribution < -0.4 is 5.32 Å². The fraction of sp³-hybridized carbons (Fsp3) is 0.895. The summed E-state index contributed by atoms with van der Waals surface area (Å²) in [4.78, 5) is 24.1. The van der Waals surface area contributed by atoms with Gasteiger partial charge in [0.25, 0.3) is 0 Å². The summed E-state index contributed by atoms with van der Waals surface area (Å²) in [5, 5.41) is 2.80. The molecule has 0 aromatic carbocycles. The van der Waals surface area contributed by atoms with Gasteiger partial charge in [-0.1, -0.05) is 27.7 Å². The number of rotatable bonds is 12. The number of thiol groups is 1. The van der Waals surface area contributed by atoms with E-state index >= 15 is 0 Å². The van der Waals surface area contributed by atoms with Gasteiger partial charge in [0.2, 0.25) is 5.91 Å². The van der Waals surface area contributed by atoms with Crippen LogP contribution in [0.15, 0.2) is 0 Å². The lowest BCUT2D eigenvalue weighted by molar-refractivity contribution is -0.133. The zero-order valence-electron chi connectivity index (χ0n) is 16.6. The second-order valence-corrected chi connectivity index (χ2v) is 8.79. The van der Waals surface area contributed by atoms with Crippen LogP contribution in [0.1, 0.15) is 74.1 Å². The van der Waals surface area contributed by atoms with Gasteiger partial charge in [-0.15, -0.1) is 0 Å². The predicted octanol–water partition coefficient (Wildman–Crippen LogP) is 4.03. The van der Waals surface area contributed by atoms with E-state index in [1.165, 1.54) is 0 Å². The molecule has 0 aliphatic heterocycles. The second-order valence-electron chi connectivity index (χ2n) is 8.02. The first-order valence-corrected chi connectivity index (χ1v) is 9.58. The fourth-order valence-electron chi connectivity index (χ4n) is 2.22. The highest BCUT2D eigenvalue weighted by Gasteiger charge is 2.32. The van der Waals surface area contributed by atoms with Crippen LogP contribution in [0.5, 0.6) is 0 Å². The zero-order chi connectivity index (χ0) is 19.0. The molecule has 0 aromatic rings. The van der Waals surface area contributed by atoms with Crippen molar-refractivity contribution in [3.63, 3.8) is 0 Å². The summed E-state index contributed by atoms with van der Waals surface area (Å²) >= 11 is 4.17. The Balaban J connectivity index is 4.41. The molecule has 0 fully saturated rings. The smallest absolute Gasteiger partial charge is 0.226 e. The molecule has 2 unspecified atom stereocenters. The third-order valence-electron chi connectivity index (χ3n) is 4.59. The number of carbonyl (C=O) groups is 2. The second kappa shape index (κ2) is 10.4. The molecule has 0 saturated carbocycles. The zero-order valence-corrected chi connectivity index (χ0v) is 17.5. The third kappa shape index (κ3) is 9.07. The van der Waals surface area contributed by atoms with Gasteiger partial charge >= 0.3 is 0 Å². The molecule has 142 valence electrons. The maximum atomic E-state index is 12.4. The number of Topliss-reactive ketones (excluding diaryl/α,β-unsaturated/α-hetero) is 1. The summed E-state index contributed by atoms with van der Waals surface area (Å²) < 4.78 is 5.98. The molecule has 0 radical (unpaired) electrons. The molecular formula is C19H37NO3S. The highest BCUT2D eigenvalue weighted by molar-refractivity contribution is 7.81. The fourth-order valence-corrected chi connectivity index (χ4v) is 2.35. The summed E-state index contributed by atoms with van der Waals surface area (Å²) in [6.45, 7) is 15.2. The minimum atomic E-state index is -0.416. The average Bonchev–Trinajstić information content (AvgIpc) is 2.49. The number of amides is 1. The van der Waals surface area contributed by atoms with Crippen LogP contribution in [-0.4, -0.2) is 35.7 Å². The molecule has 0 aliphatic carbocycles. The molecular weight excluding hydrogens is 322 g/mol. The standard InChI is InChI=1S/C19H37NO3S/c1-8-19(7,17(22)20-13-14(2)3)11-12-23-18(5,6)10-9-16(21)15(4)24/h14-15,24H,8-13H2,1-7H3,(H,20,22). The van der Waals surface area contributed by atoms with Crippen molar-refractivity contribution in [2.75, 3.05) is 13.2 Å². The van der Waals surface area contributed by atoms with Crippen LogP contribution in [0.2, 0.25) is 0 Å². The first-order valence-electron chi connectivity index (χ1n) is 9.06. The molecule has 24 heavy (non-hydrogen) atoms. The Kier molecular flexibility index (Phi) is 10.2. The summed E-state index contributed by atoms with van der Waals surface area (Å²) in [5.74, 6) is 0.678. The topological polar surface area (TPSA) is 55.4 Å². The maximum absolute atomic E-state index is 12.4. The van der Waals surface area contributed by atoms with Crippen LogP contribution >= 0.6 is 12.6 Å². The summed E-state index contributed by atoms with van der Waals surface area (Å²) in [7, 11) is 0. The van der Waals surface area contributed by atoms with Gasteiger partial charge in [-0.05, 0) is 46.0 Å². The van der Waals surface area contributed by atoms with Gasteiger partial charge in [0, 0.05) is 25.0 Å². The van der Waals surface area contributed by atoms with Crippen molar-refractivity contribution in [3.05, 3.63) is 0 Å². The third-order valence-corrected chi connectivity index (χ3v) is 4.87. The predicted molar refractivity (Wildman–Crippen MR) is 104 cm³/mol. The number of ketones is 1. The van der Waals surface area contributed by atoms with Gasteiger partial charge in [0.15, 0.2) is 0 Å². The molecule has 5 heteroatoms. The molecule has 4 nitrogen and oxygen atoms in total. The number of nitrogens with one attached hydrogen (secondary N) is 1. The Morgan fingerprint density at radius 3 is 2.17 bits per heavy atom. The first kappa shape index (κ1) is 23.4. The molecule has 0 spiro atoms. The van der Waals surface area contributed by atoms with Gasteiger partial charge in [-0.25, -0.2) is 0 Å². The summed E-state index contributed by atoms with van der Waals surface area (Å²) in [5.41, 5.74) is -0.790. The van der Waals surface area contributed by atoms with E-state index in [0.29, 0.717) is 38.3 Å². The number of hydrogen-bond acceptors (Lipinski definition) is 4. The van der Waals surface area contributed by atoms with E-state index in [4.69, 9.17) is 4.74 Å². The molecule has 2 atom stereocenters. The van der Waals surface area contributed by atoms with E-state index in [9.17, 15) is 9.59 Å². The lowest BCUT2D eigenvalue weighted by Gasteiger charge is -2.31. The van der Waals surface area contributed by atoms with Gasteiger partial charge < -0.3 is 10.1 Å². The molecule has 1 amide bonds. The Bertz CT molecular complexity index is 407. The maximum Gasteiger partial charge on any atom is 0.226 e. The van der Waals surface area contributed by atoms with Crippen LogP contribution in [-0.2, 0) is 14.3 Å². The van der Waals surface area contributed by atoms with Crippen LogP contribution in [0, 0.1) is 11.3 Å². The first-order chi connectivity index (χ1) is 10.9. The lowest BCUT2D eigenvalue weighted by Crippen LogP contribution is -2.41. The number of carbonyl (C=O) groups excluding carboxylic acids is 2. The monoisotopic (exact) mass is 359 g/mol. The number of hydrogen-bond donors (Lipinski definition) is 2. The van der Waals surface area contributed by atoms with Crippen molar-refractivity contribution in [1.82, 2.24) is 5.32 Å². The van der Waals surface area contributed by atoms with Gasteiger partial charge in [0.1, 0.15) is 5.78 Å². The van der Waals surface area contributed by atoms with Crippen LogP contribution in [0.25, 0.3) is 0 Å². The van der Waals surface area contributed by atoms with Crippen molar-refractivity contribution < 1.29 is 14.3 Å². The summed E-state index contributed by atoms with van der Waals surface area (Å²) in [6.07, 6.45) is 2.58. The summed E-state index contributed by atoms with van der Waals surface area (Å²) in [6, 6.07) is 0. The van der Waals surface area contributed by atoms with Crippen molar-refractivity contribution in [2.24, 2.45) is 11.3 Å². The molecule has 1 N–H and O–H groups in total. The van der Waals surface area contributed by atoms with E-state index in [1.807, 2.05) is 27.7 Å². The molecule has 0 rings (SSSR count). The molecule has 0 saturated heterocycles. The molecule has 0 bridgehead atoms. The Labute approximate surface area is 153 Å². The van der Waals surface area contributed by atoms with Gasteiger partial charge in [-0.2, -0.15) is 12.6 Å². The van der Waals surface area contributed by atoms with E-state index in [-0.39, 0.29) is 22.5 Å². The van der Waals surface area contributed by atoms with E-state index in [1.54, 1.807) is 6.92 Å². The molecule has 0 aliphatic rings. The minimum absolute atomic E-state index is 0.0965. The Morgan fingerprint density at radius 1 is 1.12 bits per heavy atom. The van der Waals surface area contributed by atoms with Gasteiger partial charge in [0.05, 0.1) is 10.9 Å². The highest BCUT2D eigenvalue weighted by Crippen LogP contribution is 2.28. The molecule has 0 heterocycles. The van der Waals surface area contributed by atoms with Crippen LogP contribution in [0.4, 0.5) is 0 Å². The Morgan fingerprint density at radius 2 is 1.71 bits per heavy atom. The van der Waals surface area contributed by atoms with E-state index in [0.717, 1.165) is 6.42 Å². The van der Waals surface area contributed by atoms with Gasteiger partial charge in [-0.3, -0.25) is 9.59 Å². The van der Waals surface area contributed by atoms with E-state index < -0.39 is 5.41 Å². The normalized spacial score (nSPS) is 15.9.